The van der Waals surface area contributed by atoms with Crippen LogP contribution in [-0.2, 0) is 13.1 Å². The summed E-state index contributed by atoms with van der Waals surface area (Å²) in [6.45, 7) is 10.2. The molecule has 0 heterocycles. The predicted molar refractivity (Wildman–Crippen MR) is 88.5 cm³/mol. The fourth-order valence-electron chi connectivity index (χ4n) is 1.97. The van der Waals surface area contributed by atoms with Gasteiger partial charge >= 0.3 is 0 Å². The molecule has 2 nitrogen and oxygen atoms in total. The molecule has 0 aliphatic rings. The third-order valence-corrected chi connectivity index (χ3v) is 3.19. The van der Waals surface area contributed by atoms with Crippen LogP contribution in [0.4, 0.5) is 0 Å². The SMILES string of the molecule is C=C(C)COc1ccc(CNCc2ccc(C)cc2)cc1. The Bertz CT molecular complexity index is 570. The minimum Gasteiger partial charge on any atom is -0.489 e. The highest BCUT2D eigenvalue weighted by atomic mass is 16.5. The van der Waals surface area contributed by atoms with Crippen molar-refractivity contribution in [3.05, 3.63) is 77.4 Å². The topological polar surface area (TPSA) is 21.3 Å². The van der Waals surface area contributed by atoms with Crippen LogP contribution in [0.1, 0.15) is 23.6 Å². The zero-order valence-corrected chi connectivity index (χ0v) is 12.9. The van der Waals surface area contributed by atoms with Crippen molar-refractivity contribution < 1.29 is 4.74 Å². The summed E-state index contributed by atoms with van der Waals surface area (Å²) in [4.78, 5) is 0. The predicted octanol–water partition coefficient (Wildman–Crippen LogP) is 4.24. The zero-order valence-electron chi connectivity index (χ0n) is 12.9. The molecule has 0 spiro atoms. The molecule has 2 aromatic carbocycles. The largest absolute Gasteiger partial charge is 0.489 e. The summed E-state index contributed by atoms with van der Waals surface area (Å²) in [5.41, 5.74) is 4.88. The molecule has 0 saturated heterocycles. The molecule has 0 bridgehead atoms. The van der Waals surface area contributed by atoms with Gasteiger partial charge in [-0.05, 0) is 42.7 Å². The van der Waals surface area contributed by atoms with Crippen LogP contribution in [0.15, 0.2) is 60.7 Å². The molecule has 0 fully saturated rings. The Hall–Kier alpha value is -2.06. The third kappa shape index (κ3) is 5.44. The lowest BCUT2D eigenvalue weighted by Gasteiger charge is -2.08. The number of hydrogen-bond acceptors (Lipinski definition) is 2. The molecule has 0 amide bonds. The first-order chi connectivity index (χ1) is 10.1. The second kappa shape index (κ2) is 7.65. The lowest BCUT2D eigenvalue weighted by molar-refractivity contribution is 0.352. The molecule has 0 radical (unpaired) electrons. The van der Waals surface area contributed by atoms with Crippen LogP contribution in [0.25, 0.3) is 0 Å². The van der Waals surface area contributed by atoms with Crippen LogP contribution in [0, 0.1) is 6.92 Å². The van der Waals surface area contributed by atoms with Crippen LogP contribution >= 0.6 is 0 Å². The van der Waals surface area contributed by atoms with Gasteiger partial charge in [0.15, 0.2) is 0 Å². The Balaban J connectivity index is 1.78. The van der Waals surface area contributed by atoms with Gasteiger partial charge in [-0.2, -0.15) is 0 Å². The number of aryl methyl sites for hydroxylation is 1. The fraction of sp³-hybridized carbons (Fsp3) is 0.263. The first kappa shape index (κ1) is 15.3. The summed E-state index contributed by atoms with van der Waals surface area (Å²) < 4.78 is 5.59. The minimum absolute atomic E-state index is 0.574. The van der Waals surface area contributed by atoms with Crippen molar-refractivity contribution in [2.45, 2.75) is 26.9 Å². The van der Waals surface area contributed by atoms with Crippen LogP contribution < -0.4 is 10.1 Å². The van der Waals surface area contributed by atoms with Crippen LogP contribution in [0.5, 0.6) is 5.75 Å². The van der Waals surface area contributed by atoms with E-state index in [4.69, 9.17) is 4.74 Å². The first-order valence-electron chi connectivity index (χ1n) is 7.26. The average Bonchev–Trinajstić information content (AvgIpc) is 2.48. The normalized spacial score (nSPS) is 10.4. The summed E-state index contributed by atoms with van der Waals surface area (Å²) in [6, 6.07) is 16.8. The zero-order chi connectivity index (χ0) is 15.1. The molecule has 110 valence electrons. The number of ether oxygens (including phenoxy) is 1. The molecule has 0 aromatic heterocycles. The maximum Gasteiger partial charge on any atom is 0.119 e. The van der Waals surface area contributed by atoms with E-state index in [-0.39, 0.29) is 0 Å². The van der Waals surface area contributed by atoms with Crippen molar-refractivity contribution in [3.8, 4) is 5.75 Å². The molecule has 0 aliphatic heterocycles. The summed E-state index contributed by atoms with van der Waals surface area (Å²) in [5.74, 6) is 0.889. The molecule has 0 atom stereocenters. The summed E-state index contributed by atoms with van der Waals surface area (Å²) in [5, 5.41) is 3.45. The van der Waals surface area contributed by atoms with E-state index < -0.39 is 0 Å². The summed E-state index contributed by atoms with van der Waals surface area (Å²) in [7, 11) is 0. The number of nitrogens with one attached hydrogen (secondary N) is 1. The lowest BCUT2D eigenvalue weighted by atomic mass is 10.1. The van der Waals surface area contributed by atoms with Crippen molar-refractivity contribution in [3.63, 3.8) is 0 Å². The van der Waals surface area contributed by atoms with Gasteiger partial charge in [-0.25, -0.2) is 0 Å². The smallest absolute Gasteiger partial charge is 0.119 e. The molecule has 0 unspecified atom stereocenters. The van der Waals surface area contributed by atoms with Gasteiger partial charge in [-0.3, -0.25) is 0 Å². The van der Waals surface area contributed by atoms with Gasteiger partial charge in [-0.15, -0.1) is 0 Å². The van der Waals surface area contributed by atoms with Crippen LogP contribution in [-0.4, -0.2) is 6.61 Å². The van der Waals surface area contributed by atoms with Gasteiger partial charge in [0.1, 0.15) is 12.4 Å². The van der Waals surface area contributed by atoms with Gasteiger partial charge in [-0.1, -0.05) is 48.5 Å². The van der Waals surface area contributed by atoms with Crippen molar-refractivity contribution >= 4 is 0 Å². The highest BCUT2D eigenvalue weighted by Crippen LogP contribution is 2.13. The quantitative estimate of drug-likeness (QED) is 0.766. The van der Waals surface area contributed by atoms with E-state index in [0.717, 1.165) is 24.4 Å². The molecule has 21 heavy (non-hydrogen) atoms. The molecule has 2 heteroatoms. The van der Waals surface area contributed by atoms with E-state index in [1.165, 1.54) is 16.7 Å². The Morgan fingerprint density at radius 3 is 2.00 bits per heavy atom. The fourth-order valence-corrected chi connectivity index (χ4v) is 1.97. The number of rotatable bonds is 7. The van der Waals surface area contributed by atoms with E-state index in [9.17, 15) is 0 Å². The van der Waals surface area contributed by atoms with E-state index in [2.05, 4.69) is 55.2 Å². The van der Waals surface area contributed by atoms with Crippen LogP contribution in [0.3, 0.4) is 0 Å². The van der Waals surface area contributed by atoms with E-state index in [1.54, 1.807) is 0 Å². The van der Waals surface area contributed by atoms with E-state index >= 15 is 0 Å². The molecular formula is C19H23NO. The molecule has 1 N–H and O–H groups in total. The van der Waals surface area contributed by atoms with Gasteiger partial charge in [0, 0.05) is 13.1 Å². The summed E-state index contributed by atoms with van der Waals surface area (Å²) >= 11 is 0. The van der Waals surface area contributed by atoms with Gasteiger partial charge < -0.3 is 10.1 Å². The Morgan fingerprint density at radius 1 is 0.952 bits per heavy atom. The monoisotopic (exact) mass is 281 g/mol. The molecular weight excluding hydrogens is 258 g/mol. The second-order valence-corrected chi connectivity index (χ2v) is 5.48. The van der Waals surface area contributed by atoms with E-state index in [0.29, 0.717) is 6.61 Å². The number of benzene rings is 2. The summed E-state index contributed by atoms with van der Waals surface area (Å²) in [6.07, 6.45) is 0. The van der Waals surface area contributed by atoms with Crippen molar-refractivity contribution in [2.75, 3.05) is 6.61 Å². The maximum atomic E-state index is 5.59. The van der Waals surface area contributed by atoms with E-state index in [1.807, 2.05) is 19.1 Å². The Kier molecular flexibility index (Phi) is 5.59. The Morgan fingerprint density at radius 2 is 1.48 bits per heavy atom. The average molecular weight is 281 g/mol. The van der Waals surface area contributed by atoms with Gasteiger partial charge in [0.05, 0.1) is 0 Å². The Labute approximate surface area is 127 Å². The van der Waals surface area contributed by atoms with Crippen molar-refractivity contribution in [1.29, 1.82) is 0 Å². The first-order valence-corrected chi connectivity index (χ1v) is 7.26. The molecule has 0 saturated carbocycles. The van der Waals surface area contributed by atoms with Crippen LogP contribution in [0.2, 0.25) is 0 Å². The highest BCUT2D eigenvalue weighted by molar-refractivity contribution is 5.27. The molecule has 2 aromatic rings. The second-order valence-electron chi connectivity index (χ2n) is 5.48. The molecule has 2 rings (SSSR count). The van der Waals surface area contributed by atoms with Gasteiger partial charge in [0.25, 0.3) is 0 Å². The van der Waals surface area contributed by atoms with Crippen molar-refractivity contribution in [2.24, 2.45) is 0 Å². The lowest BCUT2D eigenvalue weighted by Crippen LogP contribution is -2.12. The van der Waals surface area contributed by atoms with Crippen molar-refractivity contribution in [1.82, 2.24) is 5.32 Å². The maximum absolute atomic E-state index is 5.59. The standard InChI is InChI=1S/C19H23NO/c1-15(2)14-21-19-10-8-18(9-11-19)13-20-12-17-6-4-16(3)5-7-17/h4-11,20H,1,12-14H2,2-3H3. The molecule has 0 aliphatic carbocycles. The van der Waals surface area contributed by atoms with Gasteiger partial charge in [0.2, 0.25) is 0 Å². The third-order valence-electron chi connectivity index (χ3n) is 3.19. The number of hydrogen-bond donors (Lipinski definition) is 1. The highest BCUT2D eigenvalue weighted by Gasteiger charge is 1.97. The minimum atomic E-state index is 0.574.